The van der Waals surface area contributed by atoms with E-state index < -0.39 is 28.0 Å². The molecule has 1 aromatic rings. The van der Waals surface area contributed by atoms with Crippen molar-refractivity contribution in [2.45, 2.75) is 49.6 Å². The van der Waals surface area contributed by atoms with E-state index in [-0.39, 0.29) is 28.8 Å². The topological polar surface area (TPSA) is 111 Å². The zero-order chi connectivity index (χ0) is 20.7. The molecule has 0 aliphatic heterocycles. The Bertz CT molecular complexity index is 831. The summed E-state index contributed by atoms with van der Waals surface area (Å²) in [5.74, 6) is -1.16. The van der Waals surface area contributed by atoms with E-state index in [1.165, 1.54) is 38.3 Å². The Morgan fingerprint density at radius 3 is 2.61 bits per heavy atom. The molecule has 1 aliphatic rings. The SMILES string of the molecule is C=CCNC(=O)C(C)OC(=O)c1ccc(OC)c(S(=O)(=O)NC2CCCC2)c1. The molecular formula is C19H26N2O6S. The lowest BCUT2D eigenvalue weighted by Crippen LogP contribution is -2.36. The van der Waals surface area contributed by atoms with E-state index in [4.69, 9.17) is 9.47 Å². The lowest BCUT2D eigenvalue weighted by molar-refractivity contribution is -0.128. The second-order valence-corrected chi connectivity index (χ2v) is 8.23. The van der Waals surface area contributed by atoms with Gasteiger partial charge in [0, 0.05) is 12.6 Å². The van der Waals surface area contributed by atoms with Gasteiger partial charge in [0.15, 0.2) is 6.10 Å². The number of methoxy groups -OCH3 is 1. The normalized spacial score (nSPS) is 15.6. The summed E-state index contributed by atoms with van der Waals surface area (Å²) in [6, 6.07) is 3.86. The van der Waals surface area contributed by atoms with E-state index in [0.717, 1.165) is 25.7 Å². The second-order valence-electron chi connectivity index (χ2n) is 6.55. The average Bonchev–Trinajstić information content (AvgIpc) is 3.17. The summed E-state index contributed by atoms with van der Waals surface area (Å²) in [5, 5.41) is 2.52. The summed E-state index contributed by atoms with van der Waals surface area (Å²) in [5.41, 5.74) is 0.0102. The fraction of sp³-hybridized carbons (Fsp3) is 0.474. The molecule has 1 amide bonds. The monoisotopic (exact) mass is 410 g/mol. The van der Waals surface area contributed by atoms with Crippen molar-refractivity contribution in [3.05, 3.63) is 36.4 Å². The maximum absolute atomic E-state index is 12.8. The molecule has 1 atom stereocenters. The molecule has 2 rings (SSSR count). The number of nitrogens with one attached hydrogen (secondary N) is 2. The second kappa shape index (κ2) is 9.70. The van der Waals surface area contributed by atoms with Gasteiger partial charge in [-0.25, -0.2) is 17.9 Å². The van der Waals surface area contributed by atoms with E-state index in [0.29, 0.717) is 0 Å². The standard InChI is InChI=1S/C19H26N2O6S/c1-4-11-20-18(22)13(2)27-19(23)14-9-10-16(26-3)17(12-14)28(24,25)21-15-7-5-6-8-15/h4,9-10,12-13,15,21H,1,5-8,11H2,2-3H3,(H,20,22). The summed E-state index contributed by atoms with van der Waals surface area (Å²) < 4.78 is 38.5. The number of benzene rings is 1. The number of hydrogen-bond donors (Lipinski definition) is 2. The van der Waals surface area contributed by atoms with Crippen LogP contribution in [0.3, 0.4) is 0 Å². The van der Waals surface area contributed by atoms with Crippen LogP contribution >= 0.6 is 0 Å². The molecule has 9 heteroatoms. The van der Waals surface area contributed by atoms with Crippen LogP contribution in [0.25, 0.3) is 0 Å². The Labute approximate surface area is 165 Å². The highest BCUT2D eigenvalue weighted by Gasteiger charge is 2.27. The molecule has 0 aromatic heterocycles. The van der Waals surface area contributed by atoms with Crippen LogP contribution in [-0.2, 0) is 19.6 Å². The van der Waals surface area contributed by atoms with E-state index in [1.807, 2.05) is 0 Å². The molecule has 0 bridgehead atoms. The molecule has 1 fully saturated rings. The Morgan fingerprint density at radius 2 is 2.00 bits per heavy atom. The van der Waals surface area contributed by atoms with Crippen LogP contribution in [0.1, 0.15) is 43.0 Å². The lowest BCUT2D eigenvalue weighted by atomic mass is 10.2. The largest absolute Gasteiger partial charge is 0.495 e. The zero-order valence-electron chi connectivity index (χ0n) is 16.1. The van der Waals surface area contributed by atoms with Gasteiger partial charge in [-0.3, -0.25) is 4.79 Å². The predicted octanol–water partition coefficient (Wildman–Crippen LogP) is 1.76. The van der Waals surface area contributed by atoms with Gasteiger partial charge in [-0.05, 0) is 38.0 Å². The van der Waals surface area contributed by atoms with Crippen molar-refractivity contribution in [2.75, 3.05) is 13.7 Å². The minimum absolute atomic E-state index is 0.0102. The molecule has 1 aromatic carbocycles. The van der Waals surface area contributed by atoms with Gasteiger partial charge in [-0.2, -0.15) is 0 Å². The van der Waals surface area contributed by atoms with Crippen molar-refractivity contribution in [1.82, 2.24) is 10.0 Å². The van der Waals surface area contributed by atoms with Gasteiger partial charge in [-0.15, -0.1) is 6.58 Å². The van der Waals surface area contributed by atoms with Gasteiger partial charge in [-0.1, -0.05) is 18.9 Å². The van der Waals surface area contributed by atoms with E-state index >= 15 is 0 Å². The number of carbonyl (C=O) groups is 2. The van der Waals surface area contributed by atoms with Crippen LogP contribution in [0.2, 0.25) is 0 Å². The van der Waals surface area contributed by atoms with Crippen LogP contribution in [0.15, 0.2) is 35.7 Å². The van der Waals surface area contributed by atoms with E-state index in [2.05, 4.69) is 16.6 Å². The number of amides is 1. The molecule has 28 heavy (non-hydrogen) atoms. The number of esters is 1. The third-order valence-electron chi connectivity index (χ3n) is 4.44. The molecule has 0 radical (unpaired) electrons. The molecule has 1 unspecified atom stereocenters. The summed E-state index contributed by atoms with van der Waals surface area (Å²) in [6.45, 7) is 5.17. The van der Waals surface area contributed by atoms with E-state index in [1.54, 1.807) is 0 Å². The highest BCUT2D eigenvalue weighted by molar-refractivity contribution is 7.89. The molecule has 0 saturated heterocycles. The van der Waals surface area contributed by atoms with Crippen LogP contribution in [0, 0.1) is 0 Å². The van der Waals surface area contributed by atoms with Crippen LogP contribution < -0.4 is 14.8 Å². The summed E-state index contributed by atoms with van der Waals surface area (Å²) in [6.07, 6.45) is 3.97. The highest BCUT2D eigenvalue weighted by Crippen LogP contribution is 2.27. The number of sulfonamides is 1. The Hall–Kier alpha value is -2.39. The van der Waals surface area contributed by atoms with Crippen molar-refractivity contribution in [1.29, 1.82) is 0 Å². The van der Waals surface area contributed by atoms with Crippen LogP contribution in [0.5, 0.6) is 5.75 Å². The quantitative estimate of drug-likeness (QED) is 0.474. The van der Waals surface area contributed by atoms with E-state index in [9.17, 15) is 18.0 Å². The molecule has 2 N–H and O–H groups in total. The minimum Gasteiger partial charge on any atom is -0.495 e. The van der Waals surface area contributed by atoms with Crippen molar-refractivity contribution in [3.8, 4) is 5.75 Å². The van der Waals surface area contributed by atoms with Gasteiger partial charge in [0.05, 0.1) is 12.7 Å². The van der Waals surface area contributed by atoms with Gasteiger partial charge in [0.2, 0.25) is 10.0 Å². The van der Waals surface area contributed by atoms with Crippen molar-refractivity contribution in [3.63, 3.8) is 0 Å². The smallest absolute Gasteiger partial charge is 0.338 e. The van der Waals surface area contributed by atoms with Crippen molar-refractivity contribution in [2.24, 2.45) is 0 Å². The first-order valence-corrected chi connectivity index (χ1v) is 10.6. The third-order valence-corrected chi connectivity index (χ3v) is 5.98. The maximum atomic E-state index is 12.8. The molecule has 1 saturated carbocycles. The van der Waals surface area contributed by atoms with Crippen LogP contribution in [0.4, 0.5) is 0 Å². The first-order chi connectivity index (χ1) is 13.3. The summed E-state index contributed by atoms with van der Waals surface area (Å²) >= 11 is 0. The van der Waals surface area contributed by atoms with Gasteiger partial charge >= 0.3 is 5.97 Å². The molecule has 1 aliphatic carbocycles. The van der Waals surface area contributed by atoms with Crippen molar-refractivity contribution < 1.29 is 27.5 Å². The minimum atomic E-state index is -3.87. The summed E-state index contributed by atoms with van der Waals surface area (Å²) in [7, 11) is -2.52. The van der Waals surface area contributed by atoms with Gasteiger partial charge < -0.3 is 14.8 Å². The number of ether oxygens (including phenoxy) is 2. The average molecular weight is 410 g/mol. The molecule has 154 valence electrons. The zero-order valence-corrected chi connectivity index (χ0v) is 16.9. The van der Waals surface area contributed by atoms with Gasteiger partial charge in [0.1, 0.15) is 10.6 Å². The fourth-order valence-electron chi connectivity index (χ4n) is 2.94. The Kier molecular flexibility index (Phi) is 7.59. The molecular weight excluding hydrogens is 384 g/mol. The maximum Gasteiger partial charge on any atom is 0.338 e. The molecule has 0 spiro atoms. The number of hydrogen-bond acceptors (Lipinski definition) is 6. The van der Waals surface area contributed by atoms with Crippen LogP contribution in [-0.4, -0.2) is 46.1 Å². The number of carbonyl (C=O) groups excluding carboxylic acids is 2. The number of rotatable bonds is 9. The van der Waals surface area contributed by atoms with Gasteiger partial charge in [0.25, 0.3) is 5.91 Å². The molecule has 0 heterocycles. The fourth-order valence-corrected chi connectivity index (χ4v) is 4.44. The Morgan fingerprint density at radius 1 is 1.32 bits per heavy atom. The summed E-state index contributed by atoms with van der Waals surface area (Å²) in [4.78, 5) is 24.1. The van der Waals surface area contributed by atoms with Crippen molar-refractivity contribution >= 4 is 21.9 Å². The first kappa shape index (κ1) is 21.9. The third kappa shape index (κ3) is 5.56. The Balaban J connectivity index is 2.20. The predicted molar refractivity (Wildman–Crippen MR) is 104 cm³/mol. The molecule has 8 nitrogen and oxygen atoms in total. The lowest BCUT2D eigenvalue weighted by Gasteiger charge is -2.16. The highest BCUT2D eigenvalue weighted by atomic mass is 32.2. The first-order valence-electron chi connectivity index (χ1n) is 9.08.